The number of amides is 1. The van der Waals surface area contributed by atoms with Gasteiger partial charge in [-0.3, -0.25) is 4.79 Å². The van der Waals surface area contributed by atoms with Crippen molar-refractivity contribution in [3.8, 4) is 0 Å². The summed E-state index contributed by atoms with van der Waals surface area (Å²) in [6.45, 7) is 3.25. The molecule has 1 N–H and O–H groups in total. The van der Waals surface area contributed by atoms with Gasteiger partial charge in [0.05, 0.1) is 11.6 Å². The smallest absolute Gasteiger partial charge is 0.337 e. The van der Waals surface area contributed by atoms with Gasteiger partial charge in [0.1, 0.15) is 0 Å². The predicted octanol–water partition coefficient (Wildman–Crippen LogP) is 2.81. The van der Waals surface area contributed by atoms with Gasteiger partial charge in [0.2, 0.25) is 5.91 Å². The monoisotopic (exact) mass is 300 g/mol. The summed E-state index contributed by atoms with van der Waals surface area (Å²) in [5, 5.41) is 3.13. The lowest BCUT2D eigenvalue weighted by atomic mass is 10.1. The molecule has 21 heavy (non-hydrogen) atoms. The first-order chi connectivity index (χ1) is 9.93. The van der Waals surface area contributed by atoms with Crippen LogP contribution < -0.4 is 5.32 Å². The number of nitrogens with one attached hydrogen (secondary N) is 1. The molecular formula is C15H19F3N2O. The number of nitrogens with zero attached hydrogens (tertiary/aromatic N) is 1. The molecule has 1 fully saturated rings. The van der Waals surface area contributed by atoms with Crippen LogP contribution in [-0.2, 0) is 17.5 Å². The molecule has 1 aromatic rings. The molecule has 1 heterocycles. The lowest BCUT2D eigenvalue weighted by Crippen LogP contribution is -2.38. The van der Waals surface area contributed by atoms with Gasteiger partial charge in [-0.2, -0.15) is 13.2 Å². The van der Waals surface area contributed by atoms with E-state index < -0.39 is 11.7 Å². The van der Waals surface area contributed by atoms with Gasteiger partial charge in [-0.15, -0.1) is 0 Å². The van der Waals surface area contributed by atoms with Crippen LogP contribution in [0.25, 0.3) is 0 Å². The third-order valence-electron chi connectivity index (χ3n) is 3.62. The molecule has 1 aromatic carbocycles. The van der Waals surface area contributed by atoms with Gasteiger partial charge in [0, 0.05) is 13.1 Å². The molecule has 2 rings (SSSR count). The minimum atomic E-state index is -4.39. The Hall–Kier alpha value is -1.56. The van der Waals surface area contributed by atoms with E-state index in [1.54, 1.807) is 6.07 Å². The molecule has 0 aromatic heterocycles. The summed E-state index contributed by atoms with van der Waals surface area (Å²) >= 11 is 0. The van der Waals surface area contributed by atoms with Crippen LogP contribution in [0.1, 0.15) is 30.9 Å². The number of hydrogen-bond donors (Lipinski definition) is 1. The van der Waals surface area contributed by atoms with Crippen molar-refractivity contribution in [2.75, 3.05) is 13.1 Å². The van der Waals surface area contributed by atoms with E-state index in [-0.39, 0.29) is 24.1 Å². The third-order valence-corrected chi connectivity index (χ3v) is 3.62. The summed E-state index contributed by atoms with van der Waals surface area (Å²) in [5.41, 5.74) is -0.516. The highest BCUT2D eigenvalue weighted by Gasteiger charge is 2.35. The Bertz CT molecular complexity index is 502. The number of alkyl halides is 3. The first kappa shape index (κ1) is 15.8. The van der Waals surface area contributed by atoms with Crippen LogP contribution in [-0.4, -0.2) is 29.9 Å². The predicted molar refractivity (Wildman–Crippen MR) is 73.6 cm³/mol. The van der Waals surface area contributed by atoms with Crippen LogP contribution in [0.4, 0.5) is 13.2 Å². The van der Waals surface area contributed by atoms with Crippen LogP contribution >= 0.6 is 0 Å². The molecular weight excluding hydrogens is 281 g/mol. The van der Waals surface area contributed by atoms with E-state index >= 15 is 0 Å². The topological polar surface area (TPSA) is 32.3 Å². The molecule has 1 aliphatic rings. The van der Waals surface area contributed by atoms with Crippen LogP contribution in [0.2, 0.25) is 0 Å². The molecule has 1 saturated heterocycles. The van der Waals surface area contributed by atoms with Gasteiger partial charge in [-0.05, 0) is 31.0 Å². The molecule has 0 radical (unpaired) electrons. The highest BCUT2D eigenvalue weighted by atomic mass is 19.4. The second kappa shape index (κ2) is 6.47. The maximum atomic E-state index is 12.9. The Morgan fingerprint density at radius 1 is 1.33 bits per heavy atom. The first-order valence-electron chi connectivity index (χ1n) is 7.10. The largest absolute Gasteiger partial charge is 0.416 e. The molecule has 0 saturated carbocycles. The summed E-state index contributed by atoms with van der Waals surface area (Å²) in [4.78, 5) is 13.7. The summed E-state index contributed by atoms with van der Waals surface area (Å²) < 4.78 is 38.8. The van der Waals surface area contributed by atoms with Gasteiger partial charge in [-0.25, -0.2) is 0 Å². The number of rotatable bonds is 5. The fraction of sp³-hybridized carbons (Fsp3) is 0.533. The average molecular weight is 300 g/mol. The van der Waals surface area contributed by atoms with E-state index in [9.17, 15) is 18.0 Å². The van der Waals surface area contributed by atoms with E-state index in [2.05, 4.69) is 5.32 Å². The maximum absolute atomic E-state index is 12.9. The fourth-order valence-electron chi connectivity index (χ4n) is 2.54. The van der Waals surface area contributed by atoms with Crippen molar-refractivity contribution in [2.24, 2.45) is 0 Å². The Labute approximate surface area is 122 Å². The third kappa shape index (κ3) is 3.75. The Balaban J connectivity index is 2.08. The number of halogens is 3. The Kier molecular flexibility index (Phi) is 4.88. The van der Waals surface area contributed by atoms with E-state index in [0.717, 1.165) is 19.0 Å². The van der Waals surface area contributed by atoms with Crippen LogP contribution in [0.5, 0.6) is 0 Å². The Morgan fingerprint density at radius 3 is 2.71 bits per heavy atom. The zero-order valence-electron chi connectivity index (χ0n) is 11.9. The van der Waals surface area contributed by atoms with Crippen molar-refractivity contribution in [1.29, 1.82) is 0 Å². The summed E-state index contributed by atoms with van der Waals surface area (Å²) in [6, 6.07) is 5.16. The lowest BCUT2D eigenvalue weighted by Gasteiger charge is -2.20. The van der Waals surface area contributed by atoms with Crippen molar-refractivity contribution >= 4 is 5.91 Å². The van der Waals surface area contributed by atoms with E-state index in [4.69, 9.17) is 0 Å². The minimum absolute atomic E-state index is 0.0127. The molecule has 1 amide bonds. The van der Waals surface area contributed by atoms with Crippen molar-refractivity contribution in [1.82, 2.24) is 10.2 Å². The number of carbonyl (C=O) groups excluding carboxylic acids is 1. The molecule has 0 spiro atoms. The second-order valence-corrected chi connectivity index (χ2v) is 5.21. The number of likely N-dealkylation sites (tertiary alicyclic amines) is 1. The highest BCUT2D eigenvalue weighted by Crippen LogP contribution is 2.32. The van der Waals surface area contributed by atoms with E-state index in [1.807, 2.05) is 6.92 Å². The van der Waals surface area contributed by atoms with Crippen LogP contribution in [0.3, 0.4) is 0 Å². The summed E-state index contributed by atoms with van der Waals surface area (Å²) in [6.07, 6.45) is -2.83. The molecule has 0 aliphatic carbocycles. The zero-order valence-corrected chi connectivity index (χ0v) is 11.9. The molecule has 1 unspecified atom stereocenters. The van der Waals surface area contributed by atoms with Crippen molar-refractivity contribution in [2.45, 2.75) is 38.5 Å². The SMILES string of the molecule is CCCNC1CCN(Cc2ccccc2C(F)(F)F)C1=O. The van der Waals surface area contributed by atoms with Crippen LogP contribution in [0, 0.1) is 0 Å². The van der Waals surface area contributed by atoms with Gasteiger partial charge in [0.15, 0.2) is 0 Å². The quantitative estimate of drug-likeness (QED) is 0.907. The molecule has 116 valence electrons. The minimum Gasteiger partial charge on any atom is -0.337 e. The highest BCUT2D eigenvalue weighted by molar-refractivity contribution is 5.84. The zero-order chi connectivity index (χ0) is 15.5. The van der Waals surface area contributed by atoms with Crippen molar-refractivity contribution < 1.29 is 18.0 Å². The second-order valence-electron chi connectivity index (χ2n) is 5.21. The van der Waals surface area contributed by atoms with E-state index in [1.165, 1.54) is 17.0 Å². The molecule has 0 bridgehead atoms. The van der Waals surface area contributed by atoms with Crippen molar-refractivity contribution in [3.05, 3.63) is 35.4 Å². The van der Waals surface area contributed by atoms with Crippen molar-refractivity contribution in [3.63, 3.8) is 0 Å². The van der Waals surface area contributed by atoms with Gasteiger partial charge in [-0.1, -0.05) is 25.1 Å². The number of benzene rings is 1. The van der Waals surface area contributed by atoms with Crippen LogP contribution in [0.15, 0.2) is 24.3 Å². The normalized spacial score (nSPS) is 19.3. The molecule has 6 heteroatoms. The fourth-order valence-corrected chi connectivity index (χ4v) is 2.54. The Morgan fingerprint density at radius 2 is 2.05 bits per heavy atom. The molecule has 3 nitrogen and oxygen atoms in total. The summed E-state index contributed by atoms with van der Waals surface area (Å²) in [5.74, 6) is -0.111. The maximum Gasteiger partial charge on any atom is 0.416 e. The molecule has 1 atom stereocenters. The number of hydrogen-bond acceptors (Lipinski definition) is 2. The van der Waals surface area contributed by atoms with Gasteiger partial charge >= 0.3 is 6.18 Å². The van der Waals surface area contributed by atoms with Gasteiger partial charge < -0.3 is 10.2 Å². The molecule has 1 aliphatic heterocycles. The lowest BCUT2D eigenvalue weighted by molar-refractivity contribution is -0.139. The average Bonchev–Trinajstić information content (AvgIpc) is 2.77. The first-order valence-corrected chi connectivity index (χ1v) is 7.10. The van der Waals surface area contributed by atoms with E-state index in [0.29, 0.717) is 13.0 Å². The summed E-state index contributed by atoms with van der Waals surface area (Å²) in [7, 11) is 0. The number of carbonyl (C=O) groups is 1. The van der Waals surface area contributed by atoms with Gasteiger partial charge in [0.25, 0.3) is 0 Å². The standard InChI is InChI=1S/C15H19F3N2O/c1-2-8-19-13-7-9-20(14(13)21)10-11-5-3-4-6-12(11)15(16,17)18/h3-6,13,19H,2,7-10H2,1H3.